The Morgan fingerprint density at radius 2 is 1.50 bits per heavy atom. The van der Waals surface area contributed by atoms with Gasteiger partial charge in [0.25, 0.3) is 0 Å². The third kappa shape index (κ3) is 4.80. The van der Waals surface area contributed by atoms with E-state index in [1.807, 2.05) is 36.4 Å². The minimum absolute atomic E-state index is 0.0586. The van der Waals surface area contributed by atoms with Gasteiger partial charge in [0.05, 0.1) is 6.61 Å². The lowest BCUT2D eigenvalue weighted by atomic mass is 9.86. The van der Waals surface area contributed by atoms with Crippen LogP contribution in [0.2, 0.25) is 0 Å². The van der Waals surface area contributed by atoms with Gasteiger partial charge in [-0.3, -0.25) is 4.79 Å². The summed E-state index contributed by atoms with van der Waals surface area (Å²) in [5.41, 5.74) is 5.46. The van der Waals surface area contributed by atoms with Crippen molar-refractivity contribution in [1.29, 1.82) is 0 Å². The summed E-state index contributed by atoms with van der Waals surface area (Å²) in [5.74, 6) is 0.316. The molecule has 1 amide bonds. The number of carbonyl (C=O) groups is 1. The molecule has 0 spiro atoms. The van der Waals surface area contributed by atoms with Gasteiger partial charge in [-0.05, 0) is 53.1 Å². The normalized spacial score (nSPS) is 11.7. The van der Waals surface area contributed by atoms with E-state index in [9.17, 15) is 9.90 Å². The van der Waals surface area contributed by atoms with E-state index in [-0.39, 0.29) is 6.61 Å². The molecule has 0 heterocycles. The first kappa shape index (κ1) is 17.9. The molecule has 0 saturated heterocycles. The van der Waals surface area contributed by atoms with E-state index in [2.05, 4.69) is 47.8 Å². The summed E-state index contributed by atoms with van der Waals surface area (Å²) in [4.78, 5) is 10.7. The van der Waals surface area contributed by atoms with Crippen molar-refractivity contribution in [2.45, 2.75) is 25.4 Å². The van der Waals surface area contributed by atoms with Crippen molar-refractivity contribution in [3.8, 4) is 0 Å². The molecule has 0 aliphatic rings. The summed E-state index contributed by atoms with van der Waals surface area (Å²) < 4.78 is 0. The highest BCUT2D eigenvalue weighted by atomic mass is 16.3. The van der Waals surface area contributed by atoms with Crippen molar-refractivity contribution in [3.63, 3.8) is 0 Å². The maximum Gasteiger partial charge on any atom is 0.211 e. The predicted molar refractivity (Wildman–Crippen MR) is 105 cm³/mol. The van der Waals surface area contributed by atoms with E-state index in [4.69, 9.17) is 0 Å². The molecule has 0 saturated carbocycles. The lowest BCUT2D eigenvalue weighted by Crippen LogP contribution is -2.07. The Kier molecular flexibility index (Phi) is 6.18. The van der Waals surface area contributed by atoms with Gasteiger partial charge in [0.1, 0.15) is 0 Å². The number of aliphatic hydroxyl groups is 1. The fourth-order valence-electron chi connectivity index (χ4n) is 3.24. The van der Waals surface area contributed by atoms with Crippen LogP contribution in [0.1, 0.15) is 28.2 Å². The van der Waals surface area contributed by atoms with Crippen LogP contribution in [0, 0.1) is 0 Å². The van der Waals surface area contributed by atoms with Crippen LogP contribution in [0.4, 0.5) is 5.69 Å². The van der Waals surface area contributed by atoms with Gasteiger partial charge in [-0.2, -0.15) is 0 Å². The number of carbonyl (C=O) groups excluding carboxylic acids is 1. The van der Waals surface area contributed by atoms with E-state index >= 15 is 0 Å². The molecule has 1 atom stereocenters. The van der Waals surface area contributed by atoms with Crippen LogP contribution in [0.3, 0.4) is 0 Å². The van der Waals surface area contributed by atoms with Crippen molar-refractivity contribution in [2.75, 3.05) is 5.32 Å². The van der Waals surface area contributed by atoms with Crippen LogP contribution >= 0.6 is 0 Å². The van der Waals surface area contributed by atoms with Crippen molar-refractivity contribution in [2.24, 2.45) is 0 Å². The monoisotopic (exact) mass is 345 g/mol. The number of anilines is 1. The average molecular weight is 345 g/mol. The fraction of sp³-hybridized carbons (Fsp3) is 0.174. The van der Waals surface area contributed by atoms with Crippen molar-refractivity contribution in [3.05, 3.63) is 101 Å². The highest BCUT2D eigenvalue weighted by Gasteiger charge is 2.14. The Balaban J connectivity index is 1.86. The second-order valence-corrected chi connectivity index (χ2v) is 6.45. The Hall–Kier alpha value is -2.91. The van der Waals surface area contributed by atoms with Crippen molar-refractivity contribution >= 4 is 12.1 Å². The van der Waals surface area contributed by atoms with E-state index in [1.54, 1.807) is 0 Å². The van der Waals surface area contributed by atoms with Crippen LogP contribution < -0.4 is 5.32 Å². The standard InChI is InChI=1S/C23H23NO2/c25-16-19-9-11-21(12-10-19)22(13-18-5-2-1-3-6-18)14-20-7-4-8-23(15-20)24-17-26/h1-12,15,17,22,25H,13-14,16H2,(H,24,26). The molecule has 0 fully saturated rings. The third-order valence-electron chi connectivity index (χ3n) is 4.59. The minimum Gasteiger partial charge on any atom is -0.392 e. The molecule has 3 nitrogen and oxygen atoms in total. The molecule has 26 heavy (non-hydrogen) atoms. The molecule has 3 aromatic carbocycles. The maximum absolute atomic E-state index is 10.7. The molecule has 1 unspecified atom stereocenters. The van der Waals surface area contributed by atoms with Gasteiger partial charge >= 0.3 is 0 Å². The van der Waals surface area contributed by atoms with Crippen LogP contribution in [-0.2, 0) is 24.2 Å². The van der Waals surface area contributed by atoms with E-state index in [0.29, 0.717) is 12.3 Å². The first-order chi connectivity index (χ1) is 12.8. The van der Waals surface area contributed by atoms with Gasteiger partial charge in [0.2, 0.25) is 6.41 Å². The quantitative estimate of drug-likeness (QED) is 0.598. The molecule has 0 radical (unpaired) electrons. The number of amides is 1. The molecule has 0 aliphatic carbocycles. The first-order valence-corrected chi connectivity index (χ1v) is 8.81. The summed E-state index contributed by atoms with van der Waals surface area (Å²) >= 11 is 0. The molecule has 2 N–H and O–H groups in total. The molecule has 0 aromatic heterocycles. The summed E-state index contributed by atoms with van der Waals surface area (Å²) in [6.45, 7) is 0.0586. The van der Waals surface area contributed by atoms with Gasteiger partial charge in [-0.25, -0.2) is 0 Å². The molecular formula is C23H23NO2. The molecule has 3 rings (SSSR count). The Morgan fingerprint density at radius 3 is 2.19 bits per heavy atom. The first-order valence-electron chi connectivity index (χ1n) is 8.81. The van der Waals surface area contributed by atoms with E-state index in [1.165, 1.54) is 16.7 Å². The summed E-state index contributed by atoms with van der Waals surface area (Å²) in [6, 6.07) is 26.6. The third-order valence-corrected chi connectivity index (χ3v) is 4.59. The number of benzene rings is 3. The minimum atomic E-state index is 0.0586. The van der Waals surface area contributed by atoms with Gasteiger partial charge in [0, 0.05) is 5.69 Å². The van der Waals surface area contributed by atoms with E-state index < -0.39 is 0 Å². The molecule has 0 bridgehead atoms. The molecule has 3 aromatic rings. The van der Waals surface area contributed by atoms with Crippen LogP contribution in [0.25, 0.3) is 0 Å². The number of hydrogen-bond donors (Lipinski definition) is 2. The molecular weight excluding hydrogens is 322 g/mol. The number of nitrogens with one attached hydrogen (secondary N) is 1. The Bertz CT molecular complexity index is 828. The van der Waals surface area contributed by atoms with Gasteiger partial charge in [-0.15, -0.1) is 0 Å². The largest absolute Gasteiger partial charge is 0.392 e. The number of rotatable bonds is 8. The summed E-state index contributed by atoms with van der Waals surface area (Å²) in [6.07, 6.45) is 2.51. The highest BCUT2D eigenvalue weighted by molar-refractivity contribution is 5.71. The van der Waals surface area contributed by atoms with Gasteiger partial charge in [0.15, 0.2) is 0 Å². The van der Waals surface area contributed by atoms with Crippen LogP contribution in [0.15, 0.2) is 78.9 Å². The zero-order chi connectivity index (χ0) is 18.2. The zero-order valence-electron chi connectivity index (χ0n) is 14.6. The smallest absolute Gasteiger partial charge is 0.211 e. The van der Waals surface area contributed by atoms with Crippen LogP contribution in [0.5, 0.6) is 0 Å². The Morgan fingerprint density at radius 1 is 0.808 bits per heavy atom. The average Bonchev–Trinajstić information content (AvgIpc) is 2.69. The second-order valence-electron chi connectivity index (χ2n) is 6.45. The van der Waals surface area contributed by atoms with Crippen molar-refractivity contribution in [1.82, 2.24) is 0 Å². The SMILES string of the molecule is O=CNc1cccc(CC(Cc2ccccc2)c2ccc(CO)cc2)c1. The van der Waals surface area contributed by atoms with E-state index in [0.717, 1.165) is 24.1 Å². The fourth-order valence-corrected chi connectivity index (χ4v) is 3.24. The van der Waals surface area contributed by atoms with Crippen LogP contribution in [-0.4, -0.2) is 11.5 Å². The topological polar surface area (TPSA) is 49.3 Å². The second kappa shape index (κ2) is 8.97. The Labute approximate surface area is 154 Å². The molecule has 0 aliphatic heterocycles. The molecule has 132 valence electrons. The predicted octanol–water partition coefficient (Wildman–Crippen LogP) is 4.32. The molecule has 3 heteroatoms. The maximum atomic E-state index is 10.7. The number of hydrogen-bond acceptors (Lipinski definition) is 2. The van der Waals surface area contributed by atoms with Gasteiger partial charge in [-0.1, -0.05) is 66.7 Å². The van der Waals surface area contributed by atoms with Gasteiger partial charge < -0.3 is 10.4 Å². The summed E-state index contributed by atoms with van der Waals surface area (Å²) in [5, 5.41) is 12.0. The highest BCUT2D eigenvalue weighted by Crippen LogP contribution is 2.27. The lowest BCUT2D eigenvalue weighted by Gasteiger charge is -2.19. The lowest BCUT2D eigenvalue weighted by molar-refractivity contribution is -0.105. The number of aliphatic hydroxyl groups excluding tert-OH is 1. The van der Waals surface area contributed by atoms with Crippen molar-refractivity contribution < 1.29 is 9.90 Å². The summed E-state index contributed by atoms with van der Waals surface area (Å²) in [7, 11) is 0. The zero-order valence-corrected chi connectivity index (χ0v) is 14.6.